The Morgan fingerprint density at radius 1 is 1.39 bits per heavy atom. The highest BCUT2D eigenvalue weighted by Crippen LogP contribution is 1.91. The molecular formula is C10H14N4O4. The Morgan fingerprint density at radius 3 is 2.50 bits per heavy atom. The summed E-state index contributed by atoms with van der Waals surface area (Å²) in [6.45, 7) is 0.0852. The van der Waals surface area contributed by atoms with Gasteiger partial charge in [0.2, 0.25) is 0 Å². The van der Waals surface area contributed by atoms with Gasteiger partial charge in [0.1, 0.15) is 5.56 Å². The van der Waals surface area contributed by atoms with E-state index in [0.29, 0.717) is 0 Å². The fraction of sp³-hybridized carbons (Fsp3) is 0.400. The van der Waals surface area contributed by atoms with E-state index in [-0.39, 0.29) is 12.5 Å². The summed E-state index contributed by atoms with van der Waals surface area (Å²) in [4.78, 5) is 36.6. The number of carboxylic acid groups (broad SMARTS) is 1. The van der Waals surface area contributed by atoms with Crippen molar-refractivity contribution in [2.75, 3.05) is 32.7 Å². The van der Waals surface area contributed by atoms with Gasteiger partial charge in [0, 0.05) is 7.05 Å². The van der Waals surface area contributed by atoms with Crippen LogP contribution in [-0.4, -0.2) is 59.5 Å². The molecule has 1 amide bonds. The van der Waals surface area contributed by atoms with E-state index >= 15 is 0 Å². The Bertz CT molecular complexity index is 523. The summed E-state index contributed by atoms with van der Waals surface area (Å²) in [5.74, 6) is -1.73. The molecule has 18 heavy (non-hydrogen) atoms. The number of aromatic carboxylic acids is 1. The van der Waals surface area contributed by atoms with Crippen molar-refractivity contribution in [1.82, 2.24) is 14.8 Å². The maximum absolute atomic E-state index is 11.8. The molecule has 1 aromatic rings. The summed E-state index contributed by atoms with van der Waals surface area (Å²) >= 11 is 0. The lowest BCUT2D eigenvalue weighted by molar-refractivity contribution is -0.120. The summed E-state index contributed by atoms with van der Waals surface area (Å²) < 4.78 is 0. The molecule has 1 rings (SSSR count). The first-order chi connectivity index (χ1) is 8.34. The van der Waals surface area contributed by atoms with Crippen LogP contribution in [0.5, 0.6) is 0 Å². The number of amides is 1. The molecule has 98 valence electrons. The van der Waals surface area contributed by atoms with Crippen LogP contribution in [0.4, 0.5) is 0 Å². The van der Waals surface area contributed by atoms with Crippen LogP contribution < -0.4 is 10.6 Å². The number of carbonyl (C=O) groups excluding carboxylic acids is 1. The van der Waals surface area contributed by atoms with Gasteiger partial charge in [-0.25, -0.2) is 9.80 Å². The number of carboxylic acids is 1. The molecule has 0 unspecified atom stereocenters. The molecule has 8 heteroatoms. The van der Waals surface area contributed by atoms with Crippen molar-refractivity contribution in [1.29, 1.82) is 0 Å². The summed E-state index contributed by atoms with van der Waals surface area (Å²) in [7, 11) is 4.76. The summed E-state index contributed by atoms with van der Waals surface area (Å²) in [6, 6.07) is 1.09. The number of nitrogens with zero attached hydrogens (tertiary/aromatic N) is 4. The first-order valence-corrected chi connectivity index (χ1v) is 5.07. The molecule has 1 heterocycles. The summed E-state index contributed by atoms with van der Waals surface area (Å²) in [5, 5.41) is 13.5. The zero-order chi connectivity index (χ0) is 13.9. The molecule has 0 aliphatic heterocycles. The average molecular weight is 254 g/mol. The van der Waals surface area contributed by atoms with Gasteiger partial charge in [-0.05, 0) is 20.2 Å². The van der Waals surface area contributed by atoms with Gasteiger partial charge in [-0.3, -0.25) is 9.59 Å². The molecule has 0 aliphatic carbocycles. The van der Waals surface area contributed by atoms with Gasteiger partial charge in [-0.2, -0.15) is 5.10 Å². The van der Waals surface area contributed by atoms with Crippen LogP contribution >= 0.6 is 0 Å². The first-order valence-electron chi connectivity index (χ1n) is 5.07. The number of aromatic nitrogens is 2. The molecule has 0 atom stereocenters. The largest absolute Gasteiger partial charge is 0.477 e. The molecule has 0 bridgehead atoms. The van der Waals surface area contributed by atoms with Gasteiger partial charge in [0.05, 0.1) is 12.7 Å². The van der Waals surface area contributed by atoms with Crippen LogP contribution in [-0.2, 0) is 4.79 Å². The van der Waals surface area contributed by atoms with Crippen molar-refractivity contribution < 1.29 is 14.7 Å². The van der Waals surface area contributed by atoms with Gasteiger partial charge in [0.25, 0.3) is 5.91 Å². The maximum Gasteiger partial charge on any atom is 0.341 e. The van der Waals surface area contributed by atoms with Crippen molar-refractivity contribution >= 4 is 11.9 Å². The van der Waals surface area contributed by atoms with Crippen LogP contribution in [0.2, 0.25) is 0 Å². The minimum atomic E-state index is -1.36. The lowest BCUT2D eigenvalue weighted by atomic mass is 10.3. The lowest BCUT2D eigenvalue weighted by Gasteiger charge is -2.19. The van der Waals surface area contributed by atoms with E-state index in [2.05, 4.69) is 5.10 Å². The molecule has 0 aliphatic rings. The highest BCUT2D eigenvalue weighted by molar-refractivity contribution is 5.88. The topological polar surface area (TPSA) is 95.7 Å². The van der Waals surface area contributed by atoms with Crippen LogP contribution in [0.1, 0.15) is 10.4 Å². The van der Waals surface area contributed by atoms with E-state index in [9.17, 15) is 14.4 Å². The predicted octanol–water partition coefficient (Wildman–Crippen LogP) is -1.40. The van der Waals surface area contributed by atoms with Crippen LogP contribution in [0.3, 0.4) is 0 Å². The Hall–Kier alpha value is -2.22. The zero-order valence-electron chi connectivity index (χ0n) is 10.3. The van der Waals surface area contributed by atoms with E-state index in [1.807, 2.05) is 0 Å². The molecule has 0 aromatic carbocycles. The lowest BCUT2D eigenvalue weighted by Crippen LogP contribution is -2.49. The van der Waals surface area contributed by atoms with Crippen molar-refractivity contribution in [3.8, 4) is 0 Å². The molecule has 0 saturated carbocycles. The Balaban J connectivity index is 3.11. The van der Waals surface area contributed by atoms with Gasteiger partial charge in [-0.1, -0.05) is 0 Å². The number of rotatable bonds is 4. The Morgan fingerprint density at radius 2 is 2.00 bits per heavy atom. The summed E-state index contributed by atoms with van der Waals surface area (Å²) in [5.41, 5.74) is -1.28. The second kappa shape index (κ2) is 5.41. The van der Waals surface area contributed by atoms with Crippen LogP contribution in [0.25, 0.3) is 0 Å². The molecule has 8 nitrogen and oxygen atoms in total. The minimum Gasteiger partial charge on any atom is -0.477 e. The number of hydrogen-bond donors (Lipinski definition) is 1. The highest BCUT2D eigenvalue weighted by Gasteiger charge is 2.17. The third-order valence-corrected chi connectivity index (χ3v) is 2.16. The van der Waals surface area contributed by atoms with Crippen molar-refractivity contribution in [3.63, 3.8) is 0 Å². The van der Waals surface area contributed by atoms with Crippen molar-refractivity contribution in [2.45, 2.75) is 0 Å². The summed E-state index contributed by atoms with van der Waals surface area (Å²) in [6.07, 6.45) is 1.16. The molecule has 1 N–H and O–H groups in total. The van der Waals surface area contributed by atoms with E-state index in [1.54, 1.807) is 19.0 Å². The minimum absolute atomic E-state index is 0.0852. The molecule has 1 aromatic heterocycles. The maximum atomic E-state index is 11.8. The number of carbonyl (C=O) groups is 2. The highest BCUT2D eigenvalue weighted by atomic mass is 16.4. The second-order valence-corrected chi connectivity index (χ2v) is 3.90. The van der Waals surface area contributed by atoms with Gasteiger partial charge in [0.15, 0.2) is 0 Å². The average Bonchev–Trinajstić information content (AvgIpc) is 2.27. The van der Waals surface area contributed by atoms with E-state index in [1.165, 1.54) is 7.05 Å². The molecule has 0 radical (unpaired) electrons. The molecular weight excluding hydrogens is 240 g/mol. The third kappa shape index (κ3) is 2.92. The third-order valence-electron chi connectivity index (χ3n) is 2.16. The van der Waals surface area contributed by atoms with Crippen molar-refractivity contribution in [3.05, 3.63) is 28.2 Å². The smallest absolute Gasteiger partial charge is 0.341 e. The normalized spacial score (nSPS) is 10.4. The number of likely N-dealkylation sites (N-methyl/N-ethyl adjacent to an activating group) is 2. The molecule has 0 fully saturated rings. The first kappa shape index (κ1) is 13.8. The second-order valence-electron chi connectivity index (χ2n) is 3.90. The van der Waals surface area contributed by atoms with Gasteiger partial charge in [-0.15, -0.1) is 4.79 Å². The number of hydrogen-bond acceptors (Lipinski definition) is 5. The van der Waals surface area contributed by atoms with Crippen LogP contribution in [0, 0.1) is 0 Å². The monoisotopic (exact) mass is 254 g/mol. The Labute approximate surface area is 103 Å². The molecule has 0 saturated heterocycles. The zero-order valence-corrected chi connectivity index (χ0v) is 10.3. The fourth-order valence-electron chi connectivity index (χ4n) is 1.26. The molecule has 0 spiro atoms. The van der Waals surface area contributed by atoms with Crippen LogP contribution in [0.15, 0.2) is 17.1 Å². The van der Waals surface area contributed by atoms with E-state index < -0.39 is 17.1 Å². The van der Waals surface area contributed by atoms with E-state index in [0.717, 1.165) is 22.1 Å². The van der Waals surface area contributed by atoms with Gasteiger partial charge < -0.3 is 10.0 Å². The quantitative estimate of drug-likeness (QED) is 0.709. The van der Waals surface area contributed by atoms with Gasteiger partial charge >= 0.3 is 11.5 Å². The SMILES string of the molecule is CN(C)CC(=O)N(C)n1nccc(C(=O)O)c1=O. The standard InChI is InChI=1S/C10H14N4O4/c1-12(2)6-8(15)13(3)14-9(16)7(10(17)18)4-5-11-14/h4-5H,6H2,1-3H3,(H,17,18). The van der Waals surface area contributed by atoms with Crippen molar-refractivity contribution in [2.24, 2.45) is 0 Å². The Kier molecular flexibility index (Phi) is 4.16. The fourth-order valence-corrected chi connectivity index (χ4v) is 1.26. The van der Waals surface area contributed by atoms with E-state index in [4.69, 9.17) is 5.11 Å². The predicted molar refractivity (Wildman–Crippen MR) is 63.2 cm³/mol.